The zero-order chi connectivity index (χ0) is 17.0. The van der Waals surface area contributed by atoms with Crippen LogP contribution in [-0.2, 0) is 16.6 Å². The summed E-state index contributed by atoms with van der Waals surface area (Å²) in [6.45, 7) is 0.210. The van der Waals surface area contributed by atoms with Gasteiger partial charge in [0.1, 0.15) is 0 Å². The molecule has 3 rings (SSSR count). The van der Waals surface area contributed by atoms with Crippen molar-refractivity contribution in [3.8, 4) is 11.1 Å². The summed E-state index contributed by atoms with van der Waals surface area (Å²) < 4.78 is 28.1. The average molecular weight is 359 g/mol. The first-order valence-electron chi connectivity index (χ1n) is 7.30. The quantitative estimate of drug-likeness (QED) is 0.753. The highest BCUT2D eigenvalue weighted by Crippen LogP contribution is 2.33. The molecule has 2 aromatic carbocycles. The second kappa shape index (κ2) is 7.13. The molecule has 0 atom stereocenters. The van der Waals surface area contributed by atoms with Crippen LogP contribution in [0.25, 0.3) is 11.1 Å². The number of hydrogen-bond donors (Lipinski definition) is 1. The van der Waals surface area contributed by atoms with Crippen molar-refractivity contribution in [2.45, 2.75) is 11.4 Å². The van der Waals surface area contributed by atoms with Crippen molar-refractivity contribution in [3.63, 3.8) is 0 Å². The lowest BCUT2D eigenvalue weighted by Crippen LogP contribution is -2.24. The van der Waals surface area contributed by atoms with Crippen LogP contribution in [0, 0.1) is 0 Å². The first-order valence-corrected chi connectivity index (χ1v) is 9.16. The molecule has 0 unspecified atom stereocenters. The van der Waals surface area contributed by atoms with Gasteiger partial charge >= 0.3 is 0 Å². The SMILES string of the molecule is O=S(=O)(NCc1ccccc1)c1cccc(Cl)c1-c1cccnc1. The molecule has 0 fully saturated rings. The van der Waals surface area contributed by atoms with Gasteiger partial charge in [0.25, 0.3) is 0 Å². The number of pyridine rings is 1. The normalized spacial score (nSPS) is 11.4. The molecule has 0 aliphatic rings. The summed E-state index contributed by atoms with van der Waals surface area (Å²) in [5.41, 5.74) is 1.99. The van der Waals surface area contributed by atoms with E-state index in [2.05, 4.69) is 9.71 Å². The van der Waals surface area contributed by atoms with E-state index in [0.717, 1.165) is 5.56 Å². The lowest BCUT2D eigenvalue weighted by atomic mass is 10.1. The highest BCUT2D eigenvalue weighted by atomic mass is 35.5. The molecular weight excluding hydrogens is 344 g/mol. The summed E-state index contributed by atoms with van der Waals surface area (Å²) in [5, 5.41) is 0.366. The Morgan fingerprint density at radius 3 is 2.46 bits per heavy atom. The van der Waals surface area contributed by atoms with Gasteiger partial charge in [-0.15, -0.1) is 0 Å². The van der Waals surface area contributed by atoms with Gasteiger partial charge in [0.15, 0.2) is 0 Å². The van der Waals surface area contributed by atoms with Crippen molar-refractivity contribution in [1.29, 1.82) is 0 Å². The molecule has 0 spiro atoms. The monoisotopic (exact) mass is 358 g/mol. The van der Waals surface area contributed by atoms with Crippen molar-refractivity contribution in [1.82, 2.24) is 9.71 Å². The number of aromatic nitrogens is 1. The Labute approximate surface area is 146 Å². The summed E-state index contributed by atoms with van der Waals surface area (Å²) >= 11 is 6.27. The van der Waals surface area contributed by atoms with E-state index in [0.29, 0.717) is 16.1 Å². The predicted molar refractivity (Wildman–Crippen MR) is 95.2 cm³/mol. The second-order valence-corrected chi connectivity index (χ2v) is 7.31. The number of hydrogen-bond acceptors (Lipinski definition) is 3. The van der Waals surface area contributed by atoms with Gasteiger partial charge in [0.2, 0.25) is 10.0 Å². The standard InChI is InChI=1S/C18H15ClN2O2S/c19-16-9-4-10-17(18(16)15-8-5-11-20-13-15)24(22,23)21-12-14-6-2-1-3-7-14/h1-11,13,21H,12H2. The Bertz CT molecular complexity index is 930. The highest BCUT2D eigenvalue weighted by molar-refractivity contribution is 7.89. The molecule has 1 N–H and O–H groups in total. The maximum atomic E-state index is 12.8. The molecule has 0 saturated heterocycles. The first kappa shape index (κ1) is 16.6. The molecule has 6 heteroatoms. The fraction of sp³-hybridized carbons (Fsp3) is 0.0556. The van der Waals surface area contributed by atoms with E-state index in [4.69, 9.17) is 11.6 Å². The van der Waals surface area contributed by atoms with E-state index >= 15 is 0 Å². The van der Waals surface area contributed by atoms with Crippen molar-refractivity contribution >= 4 is 21.6 Å². The molecule has 122 valence electrons. The first-order chi connectivity index (χ1) is 11.6. The molecule has 1 heterocycles. The van der Waals surface area contributed by atoms with Gasteiger partial charge in [-0.3, -0.25) is 4.98 Å². The van der Waals surface area contributed by atoms with Crippen LogP contribution in [0.15, 0.2) is 78.0 Å². The minimum atomic E-state index is -3.72. The van der Waals surface area contributed by atoms with Crippen LogP contribution in [0.3, 0.4) is 0 Å². The van der Waals surface area contributed by atoms with Gasteiger partial charge in [-0.2, -0.15) is 0 Å². The van der Waals surface area contributed by atoms with E-state index in [1.54, 1.807) is 42.7 Å². The molecular formula is C18H15ClN2O2S. The topological polar surface area (TPSA) is 59.1 Å². The lowest BCUT2D eigenvalue weighted by molar-refractivity contribution is 0.581. The van der Waals surface area contributed by atoms with E-state index in [9.17, 15) is 8.42 Å². The number of nitrogens with zero attached hydrogens (tertiary/aromatic N) is 1. The number of sulfonamides is 1. The molecule has 1 aromatic heterocycles. The summed E-state index contributed by atoms with van der Waals surface area (Å²) in [6, 6.07) is 17.7. The van der Waals surface area contributed by atoms with Crippen LogP contribution in [0.5, 0.6) is 0 Å². The molecule has 4 nitrogen and oxygen atoms in total. The Hall–Kier alpha value is -2.21. The van der Waals surface area contributed by atoms with E-state index in [1.807, 2.05) is 30.3 Å². The molecule has 24 heavy (non-hydrogen) atoms. The maximum Gasteiger partial charge on any atom is 0.241 e. The van der Waals surface area contributed by atoms with Gasteiger partial charge < -0.3 is 0 Å². The predicted octanol–water partition coefficient (Wildman–Crippen LogP) is 3.88. The van der Waals surface area contributed by atoms with Gasteiger partial charge in [0.05, 0.1) is 4.90 Å². The van der Waals surface area contributed by atoms with Crippen molar-refractivity contribution in [3.05, 3.63) is 83.6 Å². The Morgan fingerprint density at radius 1 is 0.958 bits per heavy atom. The van der Waals surface area contributed by atoms with Crippen LogP contribution in [-0.4, -0.2) is 13.4 Å². The smallest absolute Gasteiger partial charge is 0.241 e. The molecule has 0 amide bonds. The highest BCUT2D eigenvalue weighted by Gasteiger charge is 2.21. The summed E-state index contributed by atoms with van der Waals surface area (Å²) in [6.07, 6.45) is 3.22. The summed E-state index contributed by atoms with van der Waals surface area (Å²) in [7, 11) is -3.72. The van der Waals surface area contributed by atoms with Crippen LogP contribution in [0.1, 0.15) is 5.56 Å². The van der Waals surface area contributed by atoms with Crippen LogP contribution in [0.4, 0.5) is 0 Å². The minimum Gasteiger partial charge on any atom is -0.264 e. The minimum absolute atomic E-state index is 0.138. The third-order valence-electron chi connectivity index (χ3n) is 3.52. The number of benzene rings is 2. The summed E-state index contributed by atoms with van der Waals surface area (Å²) in [5.74, 6) is 0. The second-order valence-electron chi connectivity index (χ2n) is 5.16. The van der Waals surface area contributed by atoms with Crippen LogP contribution < -0.4 is 4.72 Å². The fourth-order valence-corrected chi connectivity index (χ4v) is 3.98. The number of rotatable bonds is 5. The van der Waals surface area contributed by atoms with Gasteiger partial charge in [-0.1, -0.05) is 54.1 Å². The third kappa shape index (κ3) is 3.64. The molecule has 0 bridgehead atoms. The zero-order valence-corrected chi connectivity index (χ0v) is 14.3. The Balaban J connectivity index is 1.98. The van der Waals surface area contributed by atoms with Crippen molar-refractivity contribution in [2.24, 2.45) is 0 Å². The molecule has 0 radical (unpaired) electrons. The maximum absolute atomic E-state index is 12.8. The molecule has 0 saturated carbocycles. The number of nitrogens with one attached hydrogen (secondary N) is 1. The Kier molecular flexibility index (Phi) is 4.94. The lowest BCUT2D eigenvalue weighted by Gasteiger charge is -2.13. The number of halogens is 1. The van der Waals surface area contributed by atoms with Gasteiger partial charge in [-0.25, -0.2) is 13.1 Å². The fourth-order valence-electron chi connectivity index (χ4n) is 2.37. The van der Waals surface area contributed by atoms with Crippen molar-refractivity contribution in [2.75, 3.05) is 0 Å². The van der Waals surface area contributed by atoms with Gasteiger partial charge in [-0.05, 0) is 23.8 Å². The molecule has 0 aliphatic carbocycles. The van der Waals surface area contributed by atoms with Crippen LogP contribution in [0.2, 0.25) is 5.02 Å². The van der Waals surface area contributed by atoms with E-state index in [1.165, 1.54) is 0 Å². The Morgan fingerprint density at radius 2 is 1.75 bits per heavy atom. The van der Waals surface area contributed by atoms with Gasteiger partial charge in [0, 0.05) is 35.1 Å². The molecule has 3 aromatic rings. The summed E-state index contributed by atoms with van der Waals surface area (Å²) in [4.78, 5) is 4.18. The third-order valence-corrected chi connectivity index (χ3v) is 5.28. The van der Waals surface area contributed by atoms with E-state index < -0.39 is 10.0 Å². The van der Waals surface area contributed by atoms with E-state index in [-0.39, 0.29) is 11.4 Å². The van der Waals surface area contributed by atoms with Crippen molar-refractivity contribution < 1.29 is 8.42 Å². The average Bonchev–Trinajstić information content (AvgIpc) is 2.61. The van der Waals surface area contributed by atoms with Crippen LogP contribution >= 0.6 is 11.6 Å². The molecule has 0 aliphatic heterocycles. The zero-order valence-electron chi connectivity index (χ0n) is 12.7. The largest absolute Gasteiger partial charge is 0.264 e.